The Morgan fingerprint density at radius 3 is 2.15 bits per heavy atom. The fraction of sp³-hybridized carbons (Fsp3) is 0.160. The van der Waals surface area contributed by atoms with Crippen LogP contribution in [0.3, 0.4) is 0 Å². The van der Waals surface area contributed by atoms with Gasteiger partial charge < -0.3 is 9.47 Å². The number of nitrogens with one attached hydrogen (secondary N) is 1. The van der Waals surface area contributed by atoms with Crippen LogP contribution in [-0.2, 0) is 23.9 Å². The molecular formula is C25H24N2O7. The van der Waals surface area contributed by atoms with Crippen LogP contribution < -0.4 is 5.32 Å². The van der Waals surface area contributed by atoms with E-state index in [1.54, 1.807) is 25.1 Å². The molecule has 1 N–H and O–H groups in total. The van der Waals surface area contributed by atoms with Crippen molar-refractivity contribution in [3.8, 4) is 0 Å². The van der Waals surface area contributed by atoms with Gasteiger partial charge in [-0.1, -0.05) is 79.9 Å². The van der Waals surface area contributed by atoms with Crippen LogP contribution in [0.2, 0.25) is 0 Å². The lowest BCUT2D eigenvalue weighted by Gasteiger charge is -1.99. The number of hydrogen-bond donors (Lipinski definition) is 1. The SMILES string of the molecule is C=C(C)C(=O)OCC1CO1.C=Cc1ccccc1.O=C1NC(=O)C([N+](=O)[O-])=C1c1ccccc1. The minimum atomic E-state index is -0.964. The summed E-state index contributed by atoms with van der Waals surface area (Å²) in [6, 6.07) is 18.1. The van der Waals surface area contributed by atoms with E-state index in [0.717, 1.165) is 0 Å². The van der Waals surface area contributed by atoms with Crippen LogP contribution in [0.15, 0.2) is 85.1 Å². The van der Waals surface area contributed by atoms with Gasteiger partial charge in [0.05, 0.1) is 11.5 Å². The van der Waals surface area contributed by atoms with Crippen LogP contribution in [0.1, 0.15) is 18.1 Å². The molecule has 0 radical (unpaired) electrons. The second-order valence-electron chi connectivity index (χ2n) is 7.08. The van der Waals surface area contributed by atoms with Gasteiger partial charge in [0.25, 0.3) is 5.91 Å². The van der Waals surface area contributed by atoms with E-state index in [0.29, 0.717) is 24.4 Å². The van der Waals surface area contributed by atoms with Gasteiger partial charge in [-0.2, -0.15) is 0 Å². The minimum Gasteiger partial charge on any atom is -0.459 e. The summed E-state index contributed by atoms with van der Waals surface area (Å²) in [5.74, 6) is -2.03. The van der Waals surface area contributed by atoms with E-state index in [1.165, 1.54) is 17.7 Å². The average Bonchev–Trinajstić information content (AvgIpc) is 3.61. The van der Waals surface area contributed by atoms with Crippen molar-refractivity contribution >= 4 is 29.4 Å². The third kappa shape index (κ3) is 7.95. The lowest BCUT2D eigenvalue weighted by molar-refractivity contribution is -0.417. The predicted octanol–water partition coefficient (Wildman–Crippen LogP) is 3.16. The molecule has 34 heavy (non-hydrogen) atoms. The Morgan fingerprint density at radius 1 is 1.15 bits per heavy atom. The summed E-state index contributed by atoms with van der Waals surface area (Å²) >= 11 is 0. The van der Waals surface area contributed by atoms with Gasteiger partial charge in [0.2, 0.25) is 0 Å². The average molecular weight is 464 g/mol. The zero-order valence-corrected chi connectivity index (χ0v) is 18.6. The van der Waals surface area contributed by atoms with E-state index in [4.69, 9.17) is 9.47 Å². The number of esters is 1. The second kappa shape index (κ2) is 12.6. The molecule has 2 heterocycles. The largest absolute Gasteiger partial charge is 0.459 e. The van der Waals surface area contributed by atoms with Crippen LogP contribution in [0.5, 0.6) is 0 Å². The van der Waals surface area contributed by atoms with Crippen molar-refractivity contribution in [3.05, 3.63) is 106 Å². The highest BCUT2D eigenvalue weighted by Gasteiger charge is 2.40. The number of nitro groups is 1. The van der Waals surface area contributed by atoms with Crippen molar-refractivity contribution in [3.63, 3.8) is 0 Å². The van der Waals surface area contributed by atoms with Gasteiger partial charge in [0.15, 0.2) is 0 Å². The summed E-state index contributed by atoms with van der Waals surface area (Å²) in [5.41, 5.74) is 1.08. The fourth-order valence-corrected chi connectivity index (χ4v) is 2.54. The predicted molar refractivity (Wildman–Crippen MR) is 126 cm³/mol. The lowest BCUT2D eigenvalue weighted by atomic mass is 10.1. The van der Waals surface area contributed by atoms with Gasteiger partial charge in [0.1, 0.15) is 18.3 Å². The first kappa shape index (κ1) is 25.9. The summed E-state index contributed by atoms with van der Waals surface area (Å²) in [4.78, 5) is 43.1. The molecule has 1 fully saturated rings. The van der Waals surface area contributed by atoms with E-state index in [2.05, 4.69) is 13.2 Å². The molecule has 2 aliphatic heterocycles. The second-order valence-corrected chi connectivity index (χ2v) is 7.08. The van der Waals surface area contributed by atoms with E-state index in [1.807, 2.05) is 41.7 Å². The van der Waals surface area contributed by atoms with Crippen molar-refractivity contribution in [1.82, 2.24) is 5.32 Å². The molecule has 0 aliphatic carbocycles. The smallest absolute Gasteiger partial charge is 0.347 e. The molecule has 0 bridgehead atoms. The van der Waals surface area contributed by atoms with Gasteiger partial charge in [-0.05, 0) is 18.1 Å². The maximum absolute atomic E-state index is 11.4. The minimum absolute atomic E-state index is 0.142. The molecule has 9 nitrogen and oxygen atoms in total. The highest BCUT2D eigenvalue weighted by atomic mass is 16.6. The molecule has 1 unspecified atom stereocenters. The molecule has 2 aliphatic rings. The van der Waals surface area contributed by atoms with Gasteiger partial charge in [-0.3, -0.25) is 25.0 Å². The fourth-order valence-electron chi connectivity index (χ4n) is 2.54. The number of hydrogen-bond acceptors (Lipinski definition) is 7. The number of benzene rings is 2. The van der Waals surface area contributed by atoms with E-state index in [-0.39, 0.29) is 17.6 Å². The van der Waals surface area contributed by atoms with Crippen LogP contribution in [0, 0.1) is 10.1 Å². The number of epoxide rings is 1. The van der Waals surface area contributed by atoms with Crippen molar-refractivity contribution < 1.29 is 28.8 Å². The highest BCUT2D eigenvalue weighted by molar-refractivity contribution is 6.35. The lowest BCUT2D eigenvalue weighted by Crippen LogP contribution is -2.24. The summed E-state index contributed by atoms with van der Waals surface area (Å²) < 4.78 is 9.60. The van der Waals surface area contributed by atoms with Crippen molar-refractivity contribution in [2.75, 3.05) is 13.2 Å². The molecular weight excluding hydrogens is 440 g/mol. The summed E-state index contributed by atoms with van der Waals surface area (Å²) in [6.07, 6.45) is 1.98. The van der Waals surface area contributed by atoms with E-state index < -0.39 is 22.4 Å². The first-order chi connectivity index (χ1) is 16.2. The summed E-state index contributed by atoms with van der Waals surface area (Å²) in [5, 5.41) is 12.6. The summed E-state index contributed by atoms with van der Waals surface area (Å²) in [6.45, 7) is 9.77. The molecule has 4 rings (SSSR count). The Morgan fingerprint density at radius 2 is 1.71 bits per heavy atom. The molecule has 0 aromatic heterocycles. The number of ether oxygens (including phenoxy) is 2. The van der Waals surface area contributed by atoms with Crippen molar-refractivity contribution in [2.45, 2.75) is 13.0 Å². The third-order valence-electron chi connectivity index (χ3n) is 4.34. The maximum Gasteiger partial charge on any atom is 0.347 e. The number of rotatable bonds is 6. The first-order valence-electron chi connectivity index (χ1n) is 10.2. The molecule has 1 saturated heterocycles. The Labute approximate surface area is 196 Å². The van der Waals surface area contributed by atoms with Gasteiger partial charge in [-0.25, -0.2) is 4.79 Å². The third-order valence-corrected chi connectivity index (χ3v) is 4.34. The molecule has 176 valence electrons. The van der Waals surface area contributed by atoms with Gasteiger partial charge in [-0.15, -0.1) is 0 Å². The van der Waals surface area contributed by atoms with Crippen LogP contribution in [-0.4, -0.2) is 42.0 Å². The van der Waals surface area contributed by atoms with Crippen LogP contribution >= 0.6 is 0 Å². The van der Waals surface area contributed by atoms with Crippen LogP contribution in [0.4, 0.5) is 0 Å². The van der Waals surface area contributed by atoms with Crippen LogP contribution in [0.25, 0.3) is 11.6 Å². The maximum atomic E-state index is 11.4. The summed E-state index contributed by atoms with van der Waals surface area (Å²) in [7, 11) is 0. The Balaban J connectivity index is 0.000000195. The molecule has 2 amide bonds. The molecule has 2 aromatic carbocycles. The highest BCUT2D eigenvalue weighted by Crippen LogP contribution is 2.23. The molecule has 1 atom stereocenters. The Bertz CT molecular complexity index is 1100. The molecule has 2 aromatic rings. The van der Waals surface area contributed by atoms with Crippen molar-refractivity contribution in [2.24, 2.45) is 0 Å². The molecule has 0 saturated carbocycles. The number of nitrogens with zero attached hydrogens (tertiary/aromatic N) is 1. The Hall–Kier alpha value is -4.37. The number of carbonyl (C=O) groups excluding carboxylic acids is 3. The van der Waals surface area contributed by atoms with E-state index >= 15 is 0 Å². The van der Waals surface area contributed by atoms with Gasteiger partial charge >= 0.3 is 17.6 Å². The van der Waals surface area contributed by atoms with Crippen molar-refractivity contribution in [1.29, 1.82) is 0 Å². The number of carbonyl (C=O) groups is 3. The molecule has 9 heteroatoms. The Kier molecular flexibility index (Phi) is 9.60. The van der Waals surface area contributed by atoms with E-state index in [9.17, 15) is 24.5 Å². The number of amides is 2. The topological polar surface area (TPSA) is 128 Å². The van der Waals surface area contributed by atoms with Gasteiger partial charge in [0, 0.05) is 5.57 Å². The quantitative estimate of drug-likeness (QED) is 0.174. The first-order valence-corrected chi connectivity index (χ1v) is 10.2. The number of imide groups is 1. The standard InChI is InChI=1S/C10H6N2O4.C8H8.C7H10O3/c13-9-7(6-4-2-1-3-5-6)8(12(15)16)10(14)11-9;1-2-8-6-4-3-5-7-8;1-5(2)7(8)10-4-6-3-9-6/h1-5H,(H,11,13,14);2-7H,1H2;6H,1,3-4H2,2H3. The normalized spacial score (nSPS) is 15.6. The zero-order chi connectivity index (χ0) is 25.1. The monoisotopic (exact) mass is 464 g/mol. The molecule has 0 spiro atoms. The zero-order valence-electron chi connectivity index (χ0n) is 18.6.